The van der Waals surface area contributed by atoms with E-state index in [1.54, 1.807) is 19.1 Å². The molecular formula is C15H12FN3O2. The van der Waals surface area contributed by atoms with E-state index in [1.807, 2.05) is 6.07 Å². The molecule has 0 fully saturated rings. The molecule has 0 saturated heterocycles. The fourth-order valence-electron chi connectivity index (χ4n) is 1.83. The van der Waals surface area contributed by atoms with Crippen molar-refractivity contribution in [1.29, 1.82) is 5.26 Å². The molecule has 21 heavy (non-hydrogen) atoms. The summed E-state index contributed by atoms with van der Waals surface area (Å²) in [6.07, 6.45) is 1.43. The van der Waals surface area contributed by atoms with Crippen molar-refractivity contribution in [3.8, 4) is 6.07 Å². The van der Waals surface area contributed by atoms with Gasteiger partial charge in [-0.15, -0.1) is 0 Å². The van der Waals surface area contributed by atoms with Gasteiger partial charge in [-0.05, 0) is 30.7 Å². The van der Waals surface area contributed by atoms with Gasteiger partial charge in [0, 0.05) is 6.20 Å². The van der Waals surface area contributed by atoms with Crippen LogP contribution in [-0.2, 0) is 11.3 Å². The van der Waals surface area contributed by atoms with Gasteiger partial charge in [0.05, 0.1) is 5.69 Å². The highest BCUT2D eigenvalue weighted by molar-refractivity contribution is 5.90. The van der Waals surface area contributed by atoms with Gasteiger partial charge in [-0.25, -0.2) is 4.39 Å². The summed E-state index contributed by atoms with van der Waals surface area (Å²) in [5, 5.41) is 11.3. The van der Waals surface area contributed by atoms with Crippen LogP contribution in [0.4, 0.5) is 10.1 Å². The fourth-order valence-corrected chi connectivity index (χ4v) is 1.83. The number of nitrogens with one attached hydrogen (secondary N) is 1. The summed E-state index contributed by atoms with van der Waals surface area (Å²) in [5.74, 6) is -1.10. The molecular weight excluding hydrogens is 273 g/mol. The summed E-state index contributed by atoms with van der Waals surface area (Å²) in [7, 11) is 0. The molecule has 0 bridgehead atoms. The lowest BCUT2D eigenvalue weighted by Gasteiger charge is -2.09. The molecule has 1 aromatic carbocycles. The number of nitriles is 1. The first-order valence-electron chi connectivity index (χ1n) is 6.17. The first kappa shape index (κ1) is 14.5. The maximum Gasteiger partial charge on any atom is 0.269 e. The van der Waals surface area contributed by atoms with Crippen molar-refractivity contribution >= 4 is 11.6 Å². The Morgan fingerprint density at radius 3 is 2.76 bits per heavy atom. The van der Waals surface area contributed by atoms with Gasteiger partial charge in [-0.3, -0.25) is 9.59 Å². The van der Waals surface area contributed by atoms with Crippen LogP contribution in [0, 0.1) is 24.1 Å². The maximum atomic E-state index is 13.4. The highest BCUT2D eigenvalue weighted by atomic mass is 19.1. The van der Waals surface area contributed by atoms with E-state index in [0.29, 0.717) is 5.56 Å². The minimum absolute atomic E-state index is 0.00353. The lowest BCUT2D eigenvalue weighted by atomic mass is 10.2. The van der Waals surface area contributed by atoms with Gasteiger partial charge in [-0.2, -0.15) is 5.26 Å². The Morgan fingerprint density at radius 1 is 1.38 bits per heavy atom. The number of carbonyl (C=O) groups excluding carboxylic acids is 1. The number of nitrogens with zero attached hydrogens (tertiary/aromatic N) is 2. The first-order chi connectivity index (χ1) is 10.0. The minimum atomic E-state index is -0.556. The Bertz CT molecular complexity index is 790. The fraction of sp³-hybridized carbons (Fsp3) is 0.133. The predicted molar refractivity (Wildman–Crippen MR) is 75.2 cm³/mol. The average Bonchev–Trinajstić information content (AvgIpc) is 2.45. The molecule has 2 rings (SSSR count). The molecule has 0 radical (unpaired) electrons. The van der Waals surface area contributed by atoms with E-state index in [1.165, 1.54) is 24.4 Å². The lowest BCUT2D eigenvalue weighted by molar-refractivity contribution is -0.116. The molecule has 0 saturated carbocycles. The normalized spacial score (nSPS) is 9.95. The molecule has 2 aromatic rings. The van der Waals surface area contributed by atoms with Gasteiger partial charge >= 0.3 is 0 Å². The molecule has 106 valence electrons. The zero-order valence-corrected chi connectivity index (χ0v) is 11.3. The van der Waals surface area contributed by atoms with Gasteiger partial charge in [0.1, 0.15) is 24.0 Å². The third-order valence-corrected chi connectivity index (χ3v) is 2.95. The summed E-state index contributed by atoms with van der Waals surface area (Å²) in [4.78, 5) is 23.8. The van der Waals surface area contributed by atoms with Crippen LogP contribution in [0.5, 0.6) is 0 Å². The van der Waals surface area contributed by atoms with Crippen LogP contribution in [-0.4, -0.2) is 10.5 Å². The summed E-state index contributed by atoms with van der Waals surface area (Å²) in [5.41, 5.74) is 0.0498. The van der Waals surface area contributed by atoms with Crippen molar-refractivity contribution in [1.82, 2.24) is 4.57 Å². The second kappa shape index (κ2) is 6.01. The highest BCUT2D eigenvalue weighted by Crippen LogP contribution is 2.12. The summed E-state index contributed by atoms with van der Waals surface area (Å²) < 4.78 is 14.5. The molecule has 5 nitrogen and oxygen atoms in total. The third-order valence-electron chi connectivity index (χ3n) is 2.95. The Hall–Kier alpha value is -2.94. The number of halogens is 1. The summed E-state index contributed by atoms with van der Waals surface area (Å²) in [6, 6.07) is 9.13. The van der Waals surface area contributed by atoms with Crippen molar-refractivity contribution < 1.29 is 9.18 Å². The number of aryl methyl sites for hydroxylation is 1. The average molecular weight is 285 g/mol. The summed E-state index contributed by atoms with van der Waals surface area (Å²) in [6.45, 7) is 1.35. The minimum Gasteiger partial charge on any atom is -0.322 e. The lowest BCUT2D eigenvalue weighted by Crippen LogP contribution is -2.29. The largest absolute Gasteiger partial charge is 0.322 e. The predicted octanol–water partition coefficient (Wildman–Crippen LogP) is 1.81. The van der Waals surface area contributed by atoms with Crippen molar-refractivity contribution in [3.05, 3.63) is 63.8 Å². The maximum absolute atomic E-state index is 13.4. The second-order valence-electron chi connectivity index (χ2n) is 4.45. The van der Waals surface area contributed by atoms with Gasteiger partial charge < -0.3 is 9.88 Å². The van der Waals surface area contributed by atoms with E-state index in [2.05, 4.69) is 5.32 Å². The zero-order valence-electron chi connectivity index (χ0n) is 11.3. The van der Waals surface area contributed by atoms with Gasteiger partial charge in [0.25, 0.3) is 5.56 Å². The van der Waals surface area contributed by atoms with Crippen LogP contribution in [0.3, 0.4) is 0 Å². The Balaban J connectivity index is 2.20. The third kappa shape index (κ3) is 3.15. The first-order valence-corrected chi connectivity index (χ1v) is 6.17. The number of rotatable bonds is 3. The standard InChI is InChI=1S/C15H12FN3O2/c1-10-6-7-19(15(21)11(10)8-17)9-14(20)18-13-5-3-2-4-12(13)16/h2-7H,9H2,1H3,(H,18,20). The van der Waals surface area contributed by atoms with E-state index in [9.17, 15) is 14.0 Å². The summed E-state index contributed by atoms with van der Waals surface area (Å²) >= 11 is 0. The number of anilines is 1. The van der Waals surface area contributed by atoms with Gasteiger partial charge in [-0.1, -0.05) is 12.1 Å². The van der Waals surface area contributed by atoms with Crippen LogP contribution in [0.1, 0.15) is 11.1 Å². The van der Waals surface area contributed by atoms with Crippen LogP contribution >= 0.6 is 0 Å². The van der Waals surface area contributed by atoms with E-state index in [-0.39, 0.29) is 17.8 Å². The van der Waals surface area contributed by atoms with Crippen LogP contribution in [0.25, 0.3) is 0 Å². The second-order valence-corrected chi connectivity index (χ2v) is 4.45. The molecule has 0 unspecified atom stereocenters. The van der Waals surface area contributed by atoms with E-state index >= 15 is 0 Å². The molecule has 6 heteroatoms. The SMILES string of the molecule is Cc1ccn(CC(=O)Nc2ccccc2F)c(=O)c1C#N. The Labute approximate surface area is 120 Å². The van der Waals surface area contributed by atoms with E-state index < -0.39 is 17.3 Å². The number of pyridine rings is 1. The van der Waals surface area contributed by atoms with Crippen LogP contribution in [0.15, 0.2) is 41.3 Å². The molecule has 0 atom stereocenters. The van der Waals surface area contributed by atoms with E-state index in [4.69, 9.17) is 5.26 Å². The number of amides is 1. The number of aromatic nitrogens is 1. The quantitative estimate of drug-likeness (QED) is 0.934. The molecule has 1 N–H and O–H groups in total. The number of hydrogen-bond acceptors (Lipinski definition) is 3. The smallest absolute Gasteiger partial charge is 0.269 e. The van der Waals surface area contributed by atoms with Crippen molar-refractivity contribution in [2.45, 2.75) is 13.5 Å². The van der Waals surface area contributed by atoms with E-state index in [0.717, 1.165) is 4.57 Å². The monoisotopic (exact) mass is 285 g/mol. The van der Waals surface area contributed by atoms with Gasteiger partial charge in [0.2, 0.25) is 5.91 Å². The topological polar surface area (TPSA) is 74.9 Å². The van der Waals surface area contributed by atoms with Crippen molar-refractivity contribution in [3.63, 3.8) is 0 Å². The van der Waals surface area contributed by atoms with Gasteiger partial charge in [0.15, 0.2) is 0 Å². The number of carbonyl (C=O) groups is 1. The zero-order chi connectivity index (χ0) is 15.4. The van der Waals surface area contributed by atoms with Crippen molar-refractivity contribution in [2.24, 2.45) is 0 Å². The molecule has 1 amide bonds. The molecule has 0 aliphatic carbocycles. The number of para-hydroxylation sites is 1. The van der Waals surface area contributed by atoms with Crippen molar-refractivity contribution in [2.75, 3.05) is 5.32 Å². The Morgan fingerprint density at radius 2 is 2.10 bits per heavy atom. The molecule has 0 aliphatic heterocycles. The highest BCUT2D eigenvalue weighted by Gasteiger charge is 2.11. The molecule has 1 heterocycles. The van der Waals surface area contributed by atoms with Crippen LogP contribution in [0.2, 0.25) is 0 Å². The molecule has 0 aliphatic rings. The molecule has 0 spiro atoms. The number of hydrogen-bond donors (Lipinski definition) is 1. The van der Waals surface area contributed by atoms with Crippen LogP contribution < -0.4 is 10.9 Å². The Kier molecular flexibility index (Phi) is 4.14. The molecule has 1 aromatic heterocycles. The number of benzene rings is 1.